The summed E-state index contributed by atoms with van der Waals surface area (Å²) in [5, 5.41) is 4.46. The highest BCUT2D eigenvalue weighted by atomic mass is 19.1. The second-order valence-corrected chi connectivity index (χ2v) is 4.56. The highest BCUT2D eigenvalue weighted by molar-refractivity contribution is 5.83. The van der Waals surface area contributed by atoms with Crippen molar-refractivity contribution in [2.24, 2.45) is 0 Å². The summed E-state index contributed by atoms with van der Waals surface area (Å²) in [6.45, 7) is 0.645. The molecule has 4 heteroatoms. The first-order chi connectivity index (χ1) is 9.78. The Morgan fingerprint density at radius 1 is 1.20 bits per heavy atom. The fourth-order valence-corrected chi connectivity index (χ4v) is 2.28. The number of aromatic amines is 1. The third kappa shape index (κ3) is 2.32. The van der Waals surface area contributed by atoms with Crippen LogP contribution in [0.2, 0.25) is 0 Å². The predicted octanol–water partition coefficient (Wildman–Crippen LogP) is 3.93. The zero-order chi connectivity index (χ0) is 13.9. The SMILES string of the molecule is COc1cc(F)ccc1NCc1c[nH]c2ccccc12. The topological polar surface area (TPSA) is 37.0 Å². The Bertz CT molecular complexity index is 736. The molecule has 0 bridgehead atoms. The van der Waals surface area contributed by atoms with Gasteiger partial charge in [0.2, 0.25) is 0 Å². The highest BCUT2D eigenvalue weighted by Crippen LogP contribution is 2.26. The molecule has 1 aromatic heterocycles. The van der Waals surface area contributed by atoms with Crippen molar-refractivity contribution in [3.63, 3.8) is 0 Å². The van der Waals surface area contributed by atoms with Gasteiger partial charge in [0.1, 0.15) is 11.6 Å². The molecule has 0 saturated heterocycles. The van der Waals surface area contributed by atoms with E-state index in [4.69, 9.17) is 4.74 Å². The molecular weight excluding hydrogens is 255 g/mol. The average Bonchev–Trinajstić information content (AvgIpc) is 2.89. The maximum absolute atomic E-state index is 13.1. The molecule has 3 rings (SSSR count). The number of methoxy groups -OCH3 is 1. The molecule has 0 fully saturated rings. The third-order valence-electron chi connectivity index (χ3n) is 3.31. The van der Waals surface area contributed by atoms with E-state index in [1.54, 1.807) is 6.07 Å². The van der Waals surface area contributed by atoms with Gasteiger partial charge in [-0.2, -0.15) is 0 Å². The van der Waals surface area contributed by atoms with Crippen molar-refractivity contribution < 1.29 is 9.13 Å². The lowest BCUT2D eigenvalue weighted by atomic mass is 10.1. The van der Waals surface area contributed by atoms with Gasteiger partial charge in [-0.3, -0.25) is 0 Å². The molecule has 0 radical (unpaired) electrons. The van der Waals surface area contributed by atoms with Crippen molar-refractivity contribution >= 4 is 16.6 Å². The second kappa shape index (κ2) is 5.25. The van der Waals surface area contributed by atoms with Crippen LogP contribution in [0.25, 0.3) is 10.9 Å². The molecule has 0 spiro atoms. The monoisotopic (exact) mass is 270 g/mol. The minimum absolute atomic E-state index is 0.306. The summed E-state index contributed by atoms with van der Waals surface area (Å²) in [6.07, 6.45) is 1.98. The van der Waals surface area contributed by atoms with E-state index in [0.29, 0.717) is 12.3 Å². The minimum atomic E-state index is -0.306. The van der Waals surface area contributed by atoms with Crippen LogP contribution in [0.5, 0.6) is 5.75 Å². The summed E-state index contributed by atoms with van der Waals surface area (Å²) in [7, 11) is 1.53. The Kier molecular flexibility index (Phi) is 3.29. The molecule has 102 valence electrons. The number of nitrogens with one attached hydrogen (secondary N) is 2. The van der Waals surface area contributed by atoms with E-state index in [2.05, 4.69) is 16.4 Å². The standard InChI is InChI=1S/C16H15FN2O/c1-20-16-8-12(17)6-7-15(16)19-10-11-9-18-14-5-3-2-4-13(11)14/h2-9,18-19H,10H2,1H3. The van der Waals surface area contributed by atoms with Crippen molar-refractivity contribution in [1.29, 1.82) is 0 Å². The summed E-state index contributed by atoms with van der Waals surface area (Å²) in [4.78, 5) is 3.23. The molecule has 1 heterocycles. The van der Waals surface area contributed by atoms with Crippen LogP contribution in [-0.4, -0.2) is 12.1 Å². The van der Waals surface area contributed by atoms with Gasteiger partial charge < -0.3 is 15.0 Å². The number of anilines is 1. The molecule has 0 amide bonds. The number of benzene rings is 2. The first-order valence-corrected chi connectivity index (χ1v) is 6.40. The van der Waals surface area contributed by atoms with Gasteiger partial charge in [0.15, 0.2) is 0 Å². The number of rotatable bonds is 4. The number of hydrogen-bond donors (Lipinski definition) is 2. The van der Waals surface area contributed by atoms with Crippen molar-refractivity contribution in [3.05, 3.63) is 60.0 Å². The minimum Gasteiger partial charge on any atom is -0.494 e. The van der Waals surface area contributed by atoms with Crippen LogP contribution in [0, 0.1) is 5.82 Å². The Labute approximate surface area is 116 Å². The molecule has 2 aromatic carbocycles. The molecule has 0 saturated carbocycles. The first kappa shape index (κ1) is 12.5. The normalized spacial score (nSPS) is 10.7. The van der Waals surface area contributed by atoms with Gasteiger partial charge in [-0.25, -0.2) is 4.39 Å². The zero-order valence-corrected chi connectivity index (χ0v) is 11.1. The molecule has 0 aliphatic rings. The van der Waals surface area contributed by atoms with Gasteiger partial charge in [0.25, 0.3) is 0 Å². The lowest BCUT2D eigenvalue weighted by Gasteiger charge is -2.10. The third-order valence-corrected chi connectivity index (χ3v) is 3.31. The zero-order valence-electron chi connectivity index (χ0n) is 11.1. The smallest absolute Gasteiger partial charge is 0.144 e. The molecule has 0 aliphatic carbocycles. The van der Waals surface area contributed by atoms with E-state index in [1.165, 1.54) is 24.6 Å². The van der Waals surface area contributed by atoms with Crippen LogP contribution in [0.1, 0.15) is 5.56 Å². The molecule has 3 nitrogen and oxygen atoms in total. The van der Waals surface area contributed by atoms with E-state index < -0.39 is 0 Å². The maximum Gasteiger partial charge on any atom is 0.144 e. The van der Waals surface area contributed by atoms with Crippen LogP contribution in [0.3, 0.4) is 0 Å². The highest BCUT2D eigenvalue weighted by Gasteiger charge is 2.06. The summed E-state index contributed by atoms with van der Waals surface area (Å²) >= 11 is 0. The lowest BCUT2D eigenvalue weighted by molar-refractivity contribution is 0.413. The molecular formula is C16H15FN2O. The van der Waals surface area contributed by atoms with Gasteiger partial charge in [0, 0.05) is 29.7 Å². The van der Waals surface area contributed by atoms with Crippen molar-refractivity contribution in [2.75, 3.05) is 12.4 Å². The Morgan fingerprint density at radius 3 is 2.90 bits per heavy atom. The Balaban J connectivity index is 1.83. The van der Waals surface area contributed by atoms with E-state index >= 15 is 0 Å². The van der Waals surface area contributed by atoms with Gasteiger partial charge in [-0.05, 0) is 23.8 Å². The van der Waals surface area contributed by atoms with Crippen LogP contribution in [-0.2, 0) is 6.54 Å². The van der Waals surface area contributed by atoms with Gasteiger partial charge in [-0.1, -0.05) is 18.2 Å². The fourth-order valence-electron chi connectivity index (χ4n) is 2.28. The summed E-state index contributed by atoms with van der Waals surface area (Å²) in [5.74, 6) is 0.198. The number of aromatic nitrogens is 1. The van der Waals surface area contributed by atoms with Crippen molar-refractivity contribution in [1.82, 2.24) is 4.98 Å². The van der Waals surface area contributed by atoms with Crippen molar-refractivity contribution in [2.45, 2.75) is 6.54 Å². The summed E-state index contributed by atoms with van der Waals surface area (Å²) < 4.78 is 18.3. The molecule has 0 unspecified atom stereocenters. The number of ether oxygens (including phenoxy) is 1. The quantitative estimate of drug-likeness (QED) is 0.753. The average molecular weight is 270 g/mol. The van der Waals surface area contributed by atoms with Gasteiger partial charge in [-0.15, -0.1) is 0 Å². The van der Waals surface area contributed by atoms with E-state index in [-0.39, 0.29) is 5.82 Å². The number of fused-ring (bicyclic) bond motifs is 1. The summed E-state index contributed by atoms with van der Waals surface area (Å²) in [5.41, 5.74) is 3.04. The van der Waals surface area contributed by atoms with Crippen LogP contribution in [0.4, 0.5) is 10.1 Å². The molecule has 0 aliphatic heterocycles. The number of para-hydroxylation sites is 1. The van der Waals surface area contributed by atoms with Gasteiger partial charge >= 0.3 is 0 Å². The number of hydrogen-bond acceptors (Lipinski definition) is 2. The van der Waals surface area contributed by atoms with Crippen LogP contribution in [0.15, 0.2) is 48.7 Å². The van der Waals surface area contributed by atoms with Crippen molar-refractivity contribution in [3.8, 4) is 5.75 Å². The maximum atomic E-state index is 13.1. The molecule has 3 aromatic rings. The van der Waals surface area contributed by atoms with E-state index in [9.17, 15) is 4.39 Å². The lowest BCUT2D eigenvalue weighted by Crippen LogP contribution is -2.01. The second-order valence-electron chi connectivity index (χ2n) is 4.56. The van der Waals surface area contributed by atoms with E-state index in [1.807, 2.05) is 24.4 Å². The van der Waals surface area contributed by atoms with Crippen LogP contribution < -0.4 is 10.1 Å². The number of halogens is 1. The molecule has 20 heavy (non-hydrogen) atoms. The molecule has 2 N–H and O–H groups in total. The predicted molar refractivity (Wildman–Crippen MR) is 78.6 cm³/mol. The number of H-pyrrole nitrogens is 1. The molecule has 0 atom stereocenters. The largest absolute Gasteiger partial charge is 0.494 e. The van der Waals surface area contributed by atoms with Crippen LogP contribution >= 0.6 is 0 Å². The van der Waals surface area contributed by atoms with E-state index in [0.717, 1.165) is 16.8 Å². The van der Waals surface area contributed by atoms with Gasteiger partial charge in [0.05, 0.1) is 12.8 Å². The summed E-state index contributed by atoms with van der Waals surface area (Å²) in [6, 6.07) is 12.6. The Morgan fingerprint density at radius 2 is 2.05 bits per heavy atom. The fraction of sp³-hybridized carbons (Fsp3) is 0.125. The first-order valence-electron chi connectivity index (χ1n) is 6.40. The Hall–Kier alpha value is -2.49.